The number of hydrogen-bond donors (Lipinski definition) is 3. The number of halogens is 4. The zero-order valence-corrected chi connectivity index (χ0v) is 9.47. The van der Waals surface area contributed by atoms with Crippen LogP contribution >= 0.6 is 11.6 Å². The highest BCUT2D eigenvalue weighted by molar-refractivity contribution is 6.31. The van der Waals surface area contributed by atoms with Gasteiger partial charge in [-0.2, -0.15) is 18.2 Å². The van der Waals surface area contributed by atoms with E-state index >= 15 is 0 Å². The van der Waals surface area contributed by atoms with Gasteiger partial charge in [-0.05, 0) is 18.2 Å². The molecule has 0 aliphatic heterocycles. The van der Waals surface area contributed by atoms with Crippen LogP contribution in [0.2, 0.25) is 5.02 Å². The molecule has 18 heavy (non-hydrogen) atoms. The molecule has 5 nitrogen and oxygen atoms in total. The number of alkyl halides is 3. The summed E-state index contributed by atoms with van der Waals surface area (Å²) in [6.07, 6.45) is -4.52. The highest BCUT2D eigenvalue weighted by Gasteiger charge is 2.33. The van der Waals surface area contributed by atoms with Crippen LogP contribution in [0, 0.1) is 0 Å². The van der Waals surface area contributed by atoms with Crippen LogP contribution in [0.25, 0.3) is 0 Å². The molecule has 9 heteroatoms. The van der Waals surface area contributed by atoms with E-state index in [0.717, 1.165) is 12.1 Å². The van der Waals surface area contributed by atoms with Gasteiger partial charge in [0.05, 0.1) is 10.6 Å². The van der Waals surface area contributed by atoms with Gasteiger partial charge in [-0.25, -0.2) is 5.10 Å². The molecule has 1 heterocycles. The fraction of sp³-hybridized carbons (Fsp3) is 0.111. The van der Waals surface area contributed by atoms with Crippen LogP contribution in [0.1, 0.15) is 5.56 Å². The van der Waals surface area contributed by atoms with Gasteiger partial charge >= 0.3 is 6.18 Å². The van der Waals surface area contributed by atoms with Gasteiger partial charge in [-0.1, -0.05) is 11.6 Å². The van der Waals surface area contributed by atoms with E-state index in [1.54, 1.807) is 0 Å². The summed E-state index contributed by atoms with van der Waals surface area (Å²) in [5.74, 6) is 0.130. The Balaban J connectivity index is 2.30. The monoisotopic (exact) mass is 277 g/mol. The van der Waals surface area contributed by atoms with Crippen molar-refractivity contribution in [2.24, 2.45) is 0 Å². The van der Waals surface area contributed by atoms with E-state index in [0.29, 0.717) is 0 Å². The Labute approximate surface area is 104 Å². The highest BCUT2D eigenvalue weighted by atomic mass is 35.5. The van der Waals surface area contributed by atoms with Crippen LogP contribution in [0.5, 0.6) is 0 Å². The Morgan fingerprint density at radius 3 is 2.61 bits per heavy atom. The van der Waals surface area contributed by atoms with Crippen LogP contribution in [-0.4, -0.2) is 15.2 Å². The molecule has 0 bridgehead atoms. The Morgan fingerprint density at radius 2 is 2.06 bits per heavy atom. The van der Waals surface area contributed by atoms with Crippen LogP contribution in [0.3, 0.4) is 0 Å². The third-order valence-electron chi connectivity index (χ3n) is 2.03. The minimum atomic E-state index is -4.52. The van der Waals surface area contributed by atoms with Gasteiger partial charge in [0.2, 0.25) is 11.9 Å². The smallest absolute Gasteiger partial charge is 0.368 e. The van der Waals surface area contributed by atoms with Crippen molar-refractivity contribution in [1.29, 1.82) is 0 Å². The van der Waals surface area contributed by atoms with Crippen molar-refractivity contribution >= 4 is 29.2 Å². The summed E-state index contributed by atoms with van der Waals surface area (Å²) in [5.41, 5.74) is 4.51. The normalized spacial score (nSPS) is 11.6. The van der Waals surface area contributed by atoms with Crippen molar-refractivity contribution in [3.63, 3.8) is 0 Å². The molecule has 0 radical (unpaired) electrons. The molecule has 0 spiro atoms. The van der Waals surface area contributed by atoms with Crippen LogP contribution in [0.4, 0.5) is 30.8 Å². The molecule has 0 amide bonds. The zero-order valence-electron chi connectivity index (χ0n) is 8.72. The number of aromatic amines is 1. The number of rotatable bonds is 2. The molecule has 0 saturated carbocycles. The maximum Gasteiger partial charge on any atom is 0.417 e. The first-order valence-electron chi connectivity index (χ1n) is 4.68. The largest absolute Gasteiger partial charge is 0.417 e. The quantitative estimate of drug-likeness (QED) is 0.788. The Kier molecular flexibility index (Phi) is 3.04. The van der Waals surface area contributed by atoms with Crippen molar-refractivity contribution in [1.82, 2.24) is 15.2 Å². The third kappa shape index (κ3) is 2.65. The molecule has 2 aromatic rings. The van der Waals surface area contributed by atoms with Crippen molar-refractivity contribution in [3.8, 4) is 0 Å². The van der Waals surface area contributed by atoms with Gasteiger partial charge in [0.25, 0.3) is 0 Å². The summed E-state index contributed by atoms with van der Waals surface area (Å²) in [4.78, 5) is 3.71. The Bertz CT molecular complexity index is 566. The van der Waals surface area contributed by atoms with Crippen molar-refractivity contribution in [2.75, 3.05) is 11.1 Å². The number of H-pyrrole nitrogens is 1. The predicted molar refractivity (Wildman–Crippen MR) is 60.5 cm³/mol. The van der Waals surface area contributed by atoms with Gasteiger partial charge in [0, 0.05) is 5.69 Å². The first-order chi connectivity index (χ1) is 8.36. The Morgan fingerprint density at radius 1 is 1.33 bits per heavy atom. The van der Waals surface area contributed by atoms with E-state index < -0.39 is 11.7 Å². The predicted octanol–water partition coefficient (Wildman–Crippen LogP) is 2.80. The second-order valence-corrected chi connectivity index (χ2v) is 3.77. The lowest BCUT2D eigenvalue weighted by atomic mass is 10.2. The van der Waals surface area contributed by atoms with Gasteiger partial charge in [-0.15, -0.1) is 5.10 Å². The number of benzene rings is 1. The number of nitrogens with two attached hydrogens (primary N) is 1. The second kappa shape index (κ2) is 4.37. The van der Waals surface area contributed by atoms with E-state index in [1.807, 2.05) is 0 Å². The first-order valence-corrected chi connectivity index (χ1v) is 5.06. The number of anilines is 3. The average molecular weight is 278 g/mol. The van der Waals surface area contributed by atoms with Crippen molar-refractivity contribution in [3.05, 3.63) is 28.8 Å². The molecule has 0 saturated heterocycles. The molecule has 2 rings (SSSR count). The maximum atomic E-state index is 12.6. The minimum Gasteiger partial charge on any atom is -0.368 e. The summed E-state index contributed by atoms with van der Waals surface area (Å²) in [6.45, 7) is 0. The molecule has 96 valence electrons. The lowest BCUT2D eigenvalue weighted by molar-refractivity contribution is -0.137. The molecule has 0 aliphatic carbocycles. The van der Waals surface area contributed by atoms with E-state index in [-0.39, 0.29) is 22.6 Å². The maximum absolute atomic E-state index is 12.6. The molecule has 0 aliphatic rings. The van der Waals surface area contributed by atoms with Crippen molar-refractivity contribution in [2.45, 2.75) is 6.18 Å². The zero-order chi connectivity index (χ0) is 13.3. The molecule has 1 aromatic heterocycles. The number of hydrogen-bond acceptors (Lipinski definition) is 4. The lowest BCUT2D eigenvalue weighted by Crippen LogP contribution is -2.06. The lowest BCUT2D eigenvalue weighted by Gasteiger charge is -2.10. The fourth-order valence-electron chi connectivity index (χ4n) is 1.28. The molecule has 4 N–H and O–H groups in total. The van der Waals surface area contributed by atoms with Crippen LogP contribution in [0.15, 0.2) is 18.2 Å². The van der Waals surface area contributed by atoms with E-state index in [4.69, 9.17) is 17.3 Å². The van der Waals surface area contributed by atoms with E-state index in [9.17, 15) is 13.2 Å². The van der Waals surface area contributed by atoms with Crippen molar-refractivity contribution < 1.29 is 13.2 Å². The van der Waals surface area contributed by atoms with Crippen LogP contribution < -0.4 is 11.1 Å². The highest BCUT2D eigenvalue weighted by Crippen LogP contribution is 2.36. The summed E-state index contributed by atoms with van der Waals surface area (Å²) in [6, 6.07) is 3.39. The second-order valence-electron chi connectivity index (χ2n) is 3.36. The summed E-state index contributed by atoms with van der Waals surface area (Å²) >= 11 is 5.48. The standard InChI is InChI=1S/C9H7ClF3N5/c10-6-2-1-4(3-5(6)9(11,12)13)15-8-16-7(14)17-18-8/h1-3H,(H4,14,15,16,17,18). The molecule has 0 fully saturated rings. The SMILES string of the molecule is Nc1nc(Nc2ccc(Cl)c(C(F)(F)F)c2)n[nH]1. The molecule has 0 atom stereocenters. The number of nitrogens with one attached hydrogen (secondary N) is 2. The van der Waals surface area contributed by atoms with Gasteiger partial charge in [0.15, 0.2) is 0 Å². The van der Waals surface area contributed by atoms with E-state index in [2.05, 4.69) is 20.5 Å². The van der Waals surface area contributed by atoms with Gasteiger partial charge in [-0.3, -0.25) is 0 Å². The Hall–Kier alpha value is -1.96. The summed E-state index contributed by atoms with van der Waals surface area (Å²) < 4.78 is 37.8. The molecule has 1 aromatic carbocycles. The molecular weight excluding hydrogens is 271 g/mol. The average Bonchev–Trinajstić information content (AvgIpc) is 2.65. The third-order valence-corrected chi connectivity index (χ3v) is 2.36. The summed E-state index contributed by atoms with van der Waals surface area (Å²) in [5, 5.41) is 8.19. The first kappa shape index (κ1) is 12.5. The summed E-state index contributed by atoms with van der Waals surface area (Å²) in [7, 11) is 0. The van der Waals surface area contributed by atoms with Gasteiger partial charge in [0.1, 0.15) is 0 Å². The molecular formula is C9H7ClF3N5. The fourth-order valence-corrected chi connectivity index (χ4v) is 1.50. The van der Waals surface area contributed by atoms with E-state index in [1.165, 1.54) is 6.07 Å². The number of aromatic nitrogens is 3. The number of nitrogen functional groups attached to an aromatic ring is 1. The number of nitrogens with zero attached hydrogens (tertiary/aromatic N) is 2. The topological polar surface area (TPSA) is 79.6 Å². The van der Waals surface area contributed by atoms with Gasteiger partial charge < -0.3 is 11.1 Å². The minimum absolute atomic E-state index is 0.0579. The molecule has 0 unspecified atom stereocenters. The van der Waals surface area contributed by atoms with Crippen LogP contribution in [-0.2, 0) is 6.18 Å².